The number of amides is 2. The molecule has 2 aliphatic heterocycles. The van der Waals surface area contributed by atoms with Gasteiger partial charge in [-0.1, -0.05) is 12.1 Å². The summed E-state index contributed by atoms with van der Waals surface area (Å²) in [5.41, 5.74) is 1.68. The van der Waals surface area contributed by atoms with Crippen molar-refractivity contribution in [3.05, 3.63) is 58.9 Å². The summed E-state index contributed by atoms with van der Waals surface area (Å²) < 4.78 is 25.2. The SMILES string of the molecule is N#Cc1ccc(COC2CN(C(=O)c3cc4c(cc3F)OCC(=O)N4)C2)cc1. The van der Waals surface area contributed by atoms with Gasteiger partial charge >= 0.3 is 0 Å². The van der Waals surface area contributed by atoms with E-state index < -0.39 is 11.7 Å². The summed E-state index contributed by atoms with van der Waals surface area (Å²) in [6, 6.07) is 11.5. The maximum Gasteiger partial charge on any atom is 0.262 e. The Kier molecular flexibility index (Phi) is 4.67. The lowest BCUT2D eigenvalue weighted by Gasteiger charge is -2.39. The Morgan fingerprint density at radius 1 is 1.32 bits per heavy atom. The highest BCUT2D eigenvalue weighted by Gasteiger charge is 2.34. The molecule has 1 fully saturated rings. The first-order valence-corrected chi connectivity index (χ1v) is 8.69. The molecule has 2 aromatic rings. The van der Waals surface area contributed by atoms with E-state index in [-0.39, 0.29) is 35.6 Å². The quantitative estimate of drug-likeness (QED) is 0.875. The summed E-state index contributed by atoms with van der Waals surface area (Å²) in [6.07, 6.45) is -0.136. The molecule has 7 nitrogen and oxygen atoms in total. The Morgan fingerprint density at radius 2 is 2.07 bits per heavy atom. The van der Waals surface area contributed by atoms with Crippen molar-refractivity contribution in [2.24, 2.45) is 0 Å². The molecular formula is C20H16FN3O4. The zero-order valence-electron chi connectivity index (χ0n) is 14.8. The van der Waals surface area contributed by atoms with E-state index in [2.05, 4.69) is 11.4 Å². The van der Waals surface area contributed by atoms with Crippen molar-refractivity contribution < 1.29 is 23.5 Å². The van der Waals surface area contributed by atoms with E-state index in [9.17, 15) is 14.0 Å². The van der Waals surface area contributed by atoms with Gasteiger partial charge in [-0.3, -0.25) is 9.59 Å². The summed E-state index contributed by atoms with van der Waals surface area (Å²) >= 11 is 0. The predicted molar refractivity (Wildman–Crippen MR) is 96.2 cm³/mol. The van der Waals surface area contributed by atoms with Crippen LogP contribution < -0.4 is 10.1 Å². The van der Waals surface area contributed by atoms with Crippen LogP contribution in [-0.2, 0) is 16.1 Å². The van der Waals surface area contributed by atoms with E-state index in [1.54, 1.807) is 12.1 Å². The van der Waals surface area contributed by atoms with Crippen LogP contribution in [0.4, 0.5) is 10.1 Å². The number of ether oxygens (including phenoxy) is 2. The number of nitriles is 1. The van der Waals surface area contributed by atoms with Crippen molar-refractivity contribution in [3.63, 3.8) is 0 Å². The number of nitrogens with zero attached hydrogens (tertiary/aromatic N) is 2. The van der Waals surface area contributed by atoms with E-state index in [1.165, 1.54) is 11.0 Å². The van der Waals surface area contributed by atoms with Crippen molar-refractivity contribution in [2.75, 3.05) is 25.0 Å². The highest BCUT2D eigenvalue weighted by molar-refractivity contribution is 6.00. The molecule has 2 aromatic carbocycles. The van der Waals surface area contributed by atoms with E-state index >= 15 is 0 Å². The van der Waals surface area contributed by atoms with Gasteiger partial charge in [-0.05, 0) is 23.8 Å². The van der Waals surface area contributed by atoms with Gasteiger partial charge in [0.1, 0.15) is 11.6 Å². The maximum absolute atomic E-state index is 14.3. The second-order valence-corrected chi connectivity index (χ2v) is 6.62. The van der Waals surface area contributed by atoms with Gasteiger partial charge in [0.05, 0.1) is 35.6 Å². The van der Waals surface area contributed by atoms with Gasteiger partial charge in [0, 0.05) is 19.2 Å². The number of carbonyl (C=O) groups is 2. The highest BCUT2D eigenvalue weighted by Crippen LogP contribution is 2.31. The van der Waals surface area contributed by atoms with Crippen LogP contribution in [0.2, 0.25) is 0 Å². The van der Waals surface area contributed by atoms with Crippen LogP contribution >= 0.6 is 0 Å². The molecule has 0 unspecified atom stereocenters. The first-order valence-electron chi connectivity index (χ1n) is 8.69. The fourth-order valence-corrected chi connectivity index (χ4v) is 3.03. The number of hydrogen-bond donors (Lipinski definition) is 1. The molecule has 142 valence electrons. The summed E-state index contributed by atoms with van der Waals surface area (Å²) in [7, 11) is 0. The van der Waals surface area contributed by atoms with Crippen LogP contribution in [0.5, 0.6) is 5.75 Å². The third kappa shape index (κ3) is 3.52. The highest BCUT2D eigenvalue weighted by atomic mass is 19.1. The van der Waals surface area contributed by atoms with Crippen LogP contribution in [0.25, 0.3) is 0 Å². The van der Waals surface area contributed by atoms with E-state index in [4.69, 9.17) is 14.7 Å². The molecule has 4 rings (SSSR count). The van der Waals surface area contributed by atoms with Gasteiger partial charge in [0.15, 0.2) is 6.61 Å². The number of nitrogens with one attached hydrogen (secondary N) is 1. The lowest BCUT2D eigenvalue weighted by Crippen LogP contribution is -2.54. The molecule has 0 radical (unpaired) electrons. The van der Waals surface area contributed by atoms with Gasteiger partial charge in [0.2, 0.25) is 0 Å². The summed E-state index contributed by atoms with van der Waals surface area (Å²) in [5, 5.41) is 11.4. The molecule has 2 heterocycles. The first kappa shape index (κ1) is 17.9. The zero-order chi connectivity index (χ0) is 19.7. The molecule has 8 heteroatoms. The Morgan fingerprint density at radius 3 is 2.79 bits per heavy atom. The van der Waals surface area contributed by atoms with Crippen molar-refractivity contribution in [2.45, 2.75) is 12.7 Å². The molecule has 0 aromatic heterocycles. The Labute approximate surface area is 160 Å². The zero-order valence-corrected chi connectivity index (χ0v) is 14.8. The molecule has 2 aliphatic rings. The lowest BCUT2D eigenvalue weighted by molar-refractivity contribution is -0.118. The number of rotatable bonds is 4. The largest absolute Gasteiger partial charge is 0.481 e. The fraction of sp³-hybridized carbons (Fsp3) is 0.250. The molecule has 0 saturated carbocycles. The van der Waals surface area contributed by atoms with E-state index in [0.29, 0.717) is 25.3 Å². The smallest absolute Gasteiger partial charge is 0.262 e. The van der Waals surface area contributed by atoms with Crippen molar-refractivity contribution in [1.29, 1.82) is 5.26 Å². The van der Waals surface area contributed by atoms with Crippen molar-refractivity contribution in [3.8, 4) is 11.8 Å². The molecule has 1 saturated heterocycles. The number of carbonyl (C=O) groups excluding carboxylic acids is 2. The van der Waals surface area contributed by atoms with Crippen molar-refractivity contribution in [1.82, 2.24) is 4.90 Å². The average Bonchev–Trinajstić information content (AvgIpc) is 2.66. The third-order valence-corrected chi connectivity index (χ3v) is 4.64. The van der Waals surface area contributed by atoms with Crippen LogP contribution in [0.15, 0.2) is 36.4 Å². The standard InChI is InChI=1S/C20H16FN3O4/c21-16-6-18-17(23-19(25)11-28-18)5-15(16)20(26)24-8-14(9-24)27-10-13-3-1-12(7-22)2-4-13/h1-6,14H,8-11H2,(H,23,25). The van der Waals surface area contributed by atoms with Gasteiger partial charge in [0.25, 0.3) is 11.8 Å². The average molecular weight is 381 g/mol. The fourth-order valence-electron chi connectivity index (χ4n) is 3.03. The summed E-state index contributed by atoms with van der Waals surface area (Å²) in [4.78, 5) is 25.4. The summed E-state index contributed by atoms with van der Waals surface area (Å²) in [6.45, 7) is 0.905. The predicted octanol–water partition coefficient (Wildman–Crippen LogP) is 2.07. The molecule has 0 bridgehead atoms. The number of halogens is 1. The topological polar surface area (TPSA) is 91.7 Å². The van der Waals surface area contributed by atoms with Crippen LogP contribution in [0.1, 0.15) is 21.5 Å². The molecule has 2 amide bonds. The Hall–Kier alpha value is -3.44. The van der Waals surface area contributed by atoms with Crippen LogP contribution in [-0.4, -0.2) is 42.5 Å². The molecule has 0 atom stereocenters. The van der Waals surface area contributed by atoms with Gasteiger partial charge < -0.3 is 19.7 Å². The normalized spacial score (nSPS) is 15.7. The second-order valence-electron chi connectivity index (χ2n) is 6.62. The van der Waals surface area contributed by atoms with Crippen molar-refractivity contribution >= 4 is 17.5 Å². The van der Waals surface area contributed by atoms with Gasteiger partial charge in [-0.25, -0.2) is 4.39 Å². The number of likely N-dealkylation sites (tertiary alicyclic amines) is 1. The van der Waals surface area contributed by atoms with E-state index in [0.717, 1.165) is 11.6 Å². The lowest BCUT2D eigenvalue weighted by atomic mass is 10.1. The second kappa shape index (κ2) is 7.29. The number of anilines is 1. The maximum atomic E-state index is 14.3. The minimum absolute atomic E-state index is 0.116. The molecule has 0 spiro atoms. The monoisotopic (exact) mass is 381 g/mol. The van der Waals surface area contributed by atoms with Crippen LogP contribution in [0, 0.1) is 17.1 Å². The molecule has 28 heavy (non-hydrogen) atoms. The minimum atomic E-state index is -0.693. The number of hydrogen-bond acceptors (Lipinski definition) is 5. The Balaban J connectivity index is 1.34. The molecule has 0 aliphatic carbocycles. The summed E-state index contributed by atoms with van der Waals surface area (Å²) in [5.74, 6) is -1.29. The van der Waals surface area contributed by atoms with Crippen LogP contribution in [0.3, 0.4) is 0 Å². The number of fused-ring (bicyclic) bond motifs is 1. The van der Waals surface area contributed by atoms with Gasteiger partial charge in [-0.2, -0.15) is 5.26 Å². The molecule has 1 N–H and O–H groups in total. The first-order chi connectivity index (χ1) is 13.5. The molecular weight excluding hydrogens is 365 g/mol. The van der Waals surface area contributed by atoms with E-state index in [1.807, 2.05) is 12.1 Å². The third-order valence-electron chi connectivity index (χ3n) is 4.64. The Bertz CT molecular complexity index is 978. The minimum Gasteiger partial charge on any atom is -0.481 e. The van der Waals surface area contributed by atoms with Gasteiger partial charge in [-0.15, -0.1) is 0 Å². The number of benzene rings is 2.